The Hall–Kier alpha value is -2.89. The Balaban J connectivity index is 1.05. The third kappa shape index (κ3) is 5.25. The van der Waals surface area contributed by atoms with Gasteiger partial charge < -0.3 is 15.1 Å². The van der Waals surface area contributed by atoms with Crippen LogP contribution >= 0.6 is 0 Å². The lowest BCUT2D eigenvalue weighted by Gasteiger charge is -2.40. The number of rotatable bonds is 6. The van der Waals surface area contributed by atoms with E-state index in [9.17, 15) is 9.59 Å². The zero-order valence-electron chi connectivity index (χ0n) is 22.0. The van der Waals surface area contributed by atoms with E-state index in [2.05, 4.69) is 44.4 Å². The summed E-state index contributed by atoms with van der Waals surface area (Å²) in [5.74, 6) is 1.05. The molecule has 2 aromatic rings. The quantitative estimate of drug-likeness (QED) is 0.586. The van der Waals surface area contributed by atoms with Crippen molar-refractivity contribution in [3.8, 4) is 0 Å². The number of fused-ring (bicyclic) bond motifs is 1. The highest BCUT2D eigenvalue weighted by Gasteiger charge is 2.42. The van der Waals surface area contributed by atoms with Crippen LogP contribution in [0.15, 0.2) is 42.7 Å². The van der Waals surface area contributed by atoms with Gasteiger partial charge in [0.2, 0.25) is 5.91 Å². The summed E-state index contributed by atoms with van der Waals surface area (Å²) in [5, 5.41) is 3.29. The van der Waals surface area contributed by atoms with E-state index >= 15 is 0 Å². The third-order valence-corrected chi connectivity index (χ3v) is 9.64. The highest BCUT2D eigenvalue weighted by Crippen LogP contribution is 2.42. The summed E-state index contributed by atoms with van der Waals surface area (Å²) in [7, 11) is 0. The molecule has 1 saturated carbocycles. The number of pyridine rings is 1. The van der Waals surface area contributed by atoms with Crippen LogP contribution < -0.4 is 10.2 Å². The predicted octanol–water partition coefficient (Wildman–Crippen LogP) is 5.29. The highest BCUT2D eigenvalue weighted by molar-refractivity contribution is 5.95. The zero-order valence-corrected chi connectivity index (χ0v) is 22.0. The molecule has 6 rings (SSSR count). The monoisotopic (exact) mass is 500 g/mol. The SMILES string of the molecule is O=C(CCC1CCCC1)NC1CCc2ccc(C(=O)N3CCC4(CCN(c5ccncc5)CC4)C3)cc21. The molecule has 0 radical (unpaired) electrons. The smallest absolute Gasteiger partial charge is 0.253 e. The fourth-order valence-electron chi connectivity index (χ4n) is 7.28. The highest BCUT2D eigenvalue weighted by atomic mass is 16.2. The Bertz CT molecular complexity index is 1120. The Kier molecular flexibility index (Phi) is 6.92. The standard InChI is InChI=1S/C31H40N4O2/c36-29(10-5-23-3-1-2-4-23)33-28-9-8-24-6-7-25(21-27(24)28)30(37)35-20-15-31(22-35)13-18-34(19-14-31)26-11-16-32-17-12-26/h6-7,11-12,16-17,21,23,28H,1-5,8-10,13-15,18-20,22H2,(H,33,36). The molecule has 1 N–H and O–H groups in total. The van der Waals surface area contributed by atoms with Gasteiger partial charge in [-0.25, -0.2) is 0 Å². The summed E-state index contributed by atoms with van der Waals surface area (Å²) in [6, 6.07) is 10.4. The molecule has 1 atom stereocenters. The van der Waals surface area contributed by atoms with Crippen LogP contribution in [0.1, 0.15) is 91.7 Å². The van der Waals surface area contributed by atoms with Gasteiger partial charge in [0.15, 0.2) is 0 Å². The summed E-state index contributed by atoms with van der Waals surface area (Å²) in [5.41, 5.74) is 4.69. The molecule has 1 aromatic carbocycles. The van der Waals surface area contributed by atoms with Gasteiger partial charge >= 0.3 is 0 Å². The number of carbonyl (C=O) groups excluding carboxylic acids is 2. The van der Waals surface area contributed by atoms with Gasteiger partial charge in [-0.2, -0.15) is 0 Å². The van der Waals surface area contributed by atoms with Gasteiger partial charge in [0.1, 0.15) is 0 Å². The molecule has 2 saturated heterocycles. The Morgan fingerprint density at radius 3 is 2.51 bits per heavy atom. The second-order valence-electron chi connectivity index (χ2n) is 11.9. The second-order valence-corrected chi connectivity index (χ2v) is 11.9. The largest absolute Gasteiger partial charge is 0.371 e. The van der Waals surface area contributed by atoms with Crippen molar-refractivity contribution in [2.24, 2.45) is 11.3 Å². The van der Waals surface area contributed by atoms with E-state index in [-0.39, 0.29) is 23.3 Å². The lowest BCUT2D eigenvalue weighted by atomic mass is 9.77. The minimum atomic E-state index is 0.0428. The first kappa shape index (κ1) is 24.4. The number of amides is 2. The molecule has 2 aliphatic heterocycles. The molecule has 0 bridgehead atoms. The summed E-state index contributed by atoms with van der Waals surface area (Å²) in [4.78, 5) is 34.9. The number of likely N-dealkylation sites (tertiary alicyclic amines) is 1. The fraction of sp³-hybridized carbons (Fsp3) is 0.581. The van der Waals surface area contributed by atoms with E-state index in [0.29, 0.717) is 6.42 Å². The van der Waals surface area contributed by atoms with Gasteiger partial charge in [-0.3, -0.25) is 14.6 Å². The molecule has 2 amide bonds. The number of nitrogens with one attached hydrogen (secondary N) is 1. The molecular formula is C31H40N4O2. The van der Waals surface area contributed by atoms with Crippen molar-refractivity contribution in [1.82, 2.24) is 15.2 Å². The van der Waals surface area contributed by atoms with Gasteiger partial charge in [-0.15, -0.1) is 0 Å². The number of aromatic nitrogens is 1. The van der Waals surface area contributed by atoms with E-state index in [4.69, 9.17) is 0 Å². The molecule has 6 heteroatoms. The molecule has 3 heterocycles. The number of hydrogen-bond donors (Lipinski definition) is 1. The van der Waals surface area contributed by atoms with Crippen LogP contribution in [0.2, 0.25) is 0 Å². The van der Waals surface area contributed by atoms with Gasteiger partial charge in [-0.1, -0.05) is 31.7 Å². The summed E-state index contributed by atoms with van der Waals surface area (Å²) in [6.07, 6.45) is 15.8. The average Bonchev–Trinajstić information content (AvgIpc) is 3.69. The van der Waals surface area contributed by atoms with Crippen molar-refractivity contribution in [2.45, 2.75) is 76.7 Å². The number of benzene rings is 1. The molecule has 6 nitrogen and oxygen atoms in total. The number of hydrogen-bond acceptors (Lipinski definition) is 4. The van der Waals surface area contributed by atoms with Crippen molar-refractivity contribution in [3.05, 3.63) is 59.4 Å². The van der Waals surface area contributed by atoms with Crippen LogP contribution in [0.5, 0.6) is 0 Å². The second kappa shape index (κ2) is 10.5. The Morgan fingerprint density at radius 1 is 0.973 bits per heavy atom. The zero-order chi connectivity index (χ0) is 25.2. The van der Waals surface area contributed by atoms with Crippen LogP contribution in [0.4, 0.5) is 5.69 Å². The van der Waals surface area contributed by atoms with Gasteiger partial charge in [0.05, 0.1) is 6.04 Å². The molecule has 37 heavy (non-hydrogen) atoms. The van der Waals surface area contributed by atoms with Crippen molar-refractivity contribution in [2.75, 3.05) is 31.1 Å². The normalized spacial score (nSPS) is 23.0. The van der Waals surface area contributed by atoms with Crippen molar-refractivity contribution >= 4 is 17.5 Å². The summed E-state index contributed by atoms with van der Waals surface area (Å²) in [6.45, 7) is 3.76. The molecule has 1 unspecified atom stereocenters. The van der Waals surface area contributed by atoms with Gasteiger partial charge in [-0.05, 0) is 85.3 Å². The number of piperidine rings is 1. The Morgan fingerprint density at radius 2 is 1.73 bits per heavy atom. The molecule has 1 aromatic heterocycles. The maximum Gasteiger partial charge on any atom is 0.253 e. The molecule has 4 aliphatic rings. The summed E-state index contributed by atoms with van der Waals surface area (Å²) < 4.78 is 0. The number of carbonyl (C=O) groups is 2. The lowest BCUT2D eigenvalue weighted by Crippen LogP contribution is -2.42. The number of nitrogens with zero attached hydrogens (tertiary/aromatic N) is 3. The van der Waals surface area contributed by atoms with Crippen molar-refractivity contribution in [3.63, 3.8) is 0 Å². The first-order chi connectivity index (χ1) is 18.1. The van der Waals surface area contributed by atoms with Crippen LogP contribution in [-0.2, 0) is 11.2 Å². The maximum atomic E-state index is 13.6. The minimum absolute atomic E-state index is 0.0428. The molecule has 3 fully saturated rings. The summed E-state index contributed by atoms with van der Waals surface area (Å²) >= 11 is 0. The van der Waals surface area contributed by atoms with E-state index in [0.717, 1.165) is 81.7 Å². The van der Waals surface area contributed by atoms with Crippen LogP contribution in [0.25, 0.3) is 0 Å². The van der Waals surface area contributed by atoms with E-state index < -0.39 is 0 Å². The number of aryl methyl sites for hydroxylation is 1. The molecule has 1 spiro atoms. The van der Waals surface area contributed by atoms with Crippen molar-refractivity contribution in [1.29, 1.82) is 0 Å². The predicted molar refractivity (Wildman–Crippen MR) is 145 cm³/mol. The van der Waals surface area contributed by atoms with Gasteiger partial charge in [0.25, 0.3) is 5.91 Å². The van der Waals surface area contributed by atoms with Gasteiger partial charge in [0, 0.05) is 56.2 Å². The third-order valence-electron chi connectivity index (χ3n) is 9.64. The van der Waals surface area contributed by atoms with E-state index in [1.54, 1.807) is 0 Å². The molecular weight excluding hydrogens is 460 g/mol. The minimum Gasteiger partial charge on any atom is -0.371 e. The van der Waals surface area contributed by atoms with Crippen molar-refractivity contribution < 1.29 is 9.59 Å². The lowest BCUT2D eigenvalue weighted by molar-refractivity contribution is -0.122. The topological polar surface area (TPSA) is 65.5 Å². The Labute approximate surface area is 220 Å². The maximum absolute atomic E-state index is 13.6. The van der Waals surface area contributed by atoms with Crippen LogP contribution in [0, 0.1) is 11.3 Å². The van der Waals surface area contributed by atoms with Crippen LogP contribution in [-0.4, -0.2) is 47.9 Å². The molecule has 2 aliphatic carbocycles. The average molecular weight is 501 g/mol. The molecule has 196 valence electrons. The number of anilines is 1. The van der Waals surface area contributed by atoms with Crippen LogP contribution in [0.3, 0.4) is 0 Å². The first-order valence-corrected chi connectivity index (χ1v) is 14.5. The fourth-order valence-corrected chi connectivity index (χ4v) is 7.28. The first-order valence-electron chi connectivity index (χ1n) is 14.5. The van der Waals surface area contributed by atoms with E-state index in [1.807, 2.05) is 18.5 Å². The van der Waals surface area contributed by atoms with E-state index in [1.165, 1.54) is 36.9 Å².